The van der Waals surface area contributed by atoms with E-state index in [0.29, 0.717) is 0 Å². The molecular formula is C10H6F4O4. The molecule has 0 aliphatic carbocycles. The first-order valence-electron chi connectivity index (χ1n) is 4.46. The molecule has 0 saturated carbocycles. The van der Waals surface area contributed by atoms with E-state index in [-0.39, 0.29) is 0 Å². The van der Waals surface area contributed by atoms with Crippen LogP contribution in [0.25, 0.3) is 0 Å². The third-order valence-electron chi connectivity index (χ3n) is 2.07. The van der Waals surface area contributed by atoms with E-state index < -0.39 is 52.8 Å². The van der Waals surface area contributed by atoms with Gasteiger partial charge in [0.25, 0.3) is 0 Å². The fourth-order valence-corrected chi connectivity index (χ4v) is 1.26. The largest absolute Gasteiger partial charge is 0.481 e. The number of hydrogen-bond acceptors (Lipinski definition) is 3. The van der Waals surface area contributed by atoms with Crippen LogP contribution in [0, 0.1) is 23.3 Å². The van der Waals surface area contributed by atoms with Gasteiger partial charge in [-0.2, -0.15) is 0 Å². The summed E-state index contributed by atoms with van der Waals surface area (Å²) >= 11 is 0. The van der Waals surface area contributed by atoms with Crippen molar-refractivity contribution in [3.8, 4) is 0 Å². The summed E-state index contributed by atoms with van der Waals surface area (Å²) in [5, 5.41) is 8.35. The number of halogens is 4. The highest BCUT2D eigenvalue weighted by molar-refractivity contribution is 5.90. The number of rotatable bonds is 3. The van der Waals surface area contributed by atoms with Crippen LogP contribution in [-0.4, -0.2) is 24.2 Å². The number of carboxylic acid groups (broad SMARTS) is 1. The van der Waals surface area contributed by atoms with Crippen LogP contribution in [0.1, 0.15) is 15.9 Å². The number of carbonyl (C=O) groups is 2. The molecule has 0 aromatic heterocycles. The average Bonchev–Trinajstić information content (AvgIpc) is 2.31. The van der Waals surface area contributed by atoms with Gasteiger partial charge in [-0.15, -0.1) is 0 Å². The number of hydrogen-bond donors (Lipinski definition) is 1. The van der Waals surface area contributed by atoms with Crippen molar-refractivity contribution in [3.63, 3.8) is 0 Å². The zero-order chi connectivity index (χ0) is 14.0. The van der Waals surface area contributed by atoms with E-state index in [0.717, 1.165) is 7.11 Å². The van der Waals surface area contributed by atoms with Gasteiger partial charge in [-0.05, 0) is 0 Å². The van der Waals surface area contributed by atoms with Crippen LogP contribution >= 0.6 is 0 Å². The molecule has 0 aliphatic rings. The molecule has 0 heterocycles. The Morgan fingerprint density at radius 2 is 1.50 bits per heavy atom. The summed E-state index contributed by atoms with van der Waals surface area (Å²) in [7, 11) is 0.766. The van der Waals surface area contributed by atoms with Crippen LogP contribution in [0.2, 0.25) is 0 Å². The van der Waals surface area contributed by atoms with E-state index in [1.807, 2.05) is 0 Å². The second kappa shape index (κ2) is 5.03. The summed E-state index contributed by atoms with van der Waals surface area (Å²) in [6, 6.07) is 0. The topological polar surface area (TPSA) is 63.6 Å². The Hall–Kier alpha value is -2.12. The Bertz CT molecular complexity index is 498. The van der Waals surface area contributed by atoms with Crippen molar-refractivity contribution in [1.82, 2.24) is 0 Å². The average molecular weight is 266 g/mol. The van der Waals surface area contributed by atoms with E-state index in [4.69, 9.17) is 5.11 Å². The highest BCUT2D eigenvalue weighted by atomic mass is 19.2. The third-order valence-corrected chi connectivity index (χ3v) is 2.07. The molecule has 8 heteroatoms. The predicted molar refractivity (Wildman–Crippen MR) is 49.0 cm³/mol. The maximum Gasteiger partial charge on any atom is 0.344 e. The molecule has 0 bridgehead atoms. The van der Waals surface area contributed by atoms with Crippen LogP contribution in [0.3, 0.4) is 0 Å². The quantitative estimate of drug-likeness (QED) is 0.513. The molecule has 0 saturated heterocycles. The van der Waals surface area contributed by atoms with Crippen LogP contribution < -0.4 is 0 Å². The van der Waals surface area contributed by atoms with Gasteiger partial charge in [-0.3, -0.25) is 4.79 Å². The van der Waals surface area contributed by atoms with Gasteiger partial charge in [0.15, 0.2) is 23.3 Å². The van der Waals surface area contributed by atoms with Gasteiger partial charge < -0.3 is 9.84 Å². The fourth-order valence-electron chi connectivity index (χ4n) is 1.26. The lowest BCUT2D eigenvalue weighted by Gasteiger charge is -2.09. The monoisotopic (exact) mass is 266 g/mol. The second-order valence-corrected chi connectivity index (χ2v) is 3.17. The van der Waals surface area contributed by atoms with Crippen LogP contribution in [-0.2, 0) is 16.0 Å². The number of carboxylic acids is 1. The second-order valence-electron chi connectivity index (χ2n) is 3.17. The molecule has 0 aliphatic heterocycles. The number of carbonyl (C=O) groups excluding carboxylic acids is 1. The summed E-state index contributed by atoms with van der Waals surface area (Å²) in [4.78, 5) is 21.2. The number of esters is 1. The van der Waals surface area contributed by atoms with Crippen molar-refractivity contribution >= 4 is 11.9 Å². The van der Waals surface area contributed by atoms with Gasteiger partial charge in [0.2, 0.25) is 0 Å². The van der Waals surface area contributed by atoms with Gasteiger partial charge in [0, 0.05) is 5.56 Å². The molecule has 0 unspecified atom stereocenters. The summed E-state index contributed by atoms with van der Waals surface area (Å²) in [6.07, 6.45) is -1.26. The van der Waals surface area contributed by atoms with Gasteiger partial charge in [-0.1, -0.05) is 0 Å². The summed E-state index contributed by atoms with van der Waals surface area (Å²) in [5.41, 5.74) is -2.84. The van der Waals surface area contributed by atoms with Gasteiger partial charge in [0.1, 0.15) is 5.56 Å². The Morgan fingerprint density at radius 1 is 1.06 bits per heavy atom. The SMILES string of the molecule is COC(=O)c1c(F)c(F)c(CC(=O)O)c(F)c1F. The molecule has 18 heavy (non-hydrogen) atoms. The van der Waals surface area contributed by atoms with Gasteiger partial charge in [0.05, 0.1) is 13.5 Å². The van der Waals surface area contributed by atoms with Crippen molar-refractivity contribution < 1.29 is 37.0 Å². The van der Waals surface area contributed by atoms with E-state index >= 15 is 0 Å². The molecule has 0 radical (unpaired) electrons. The van der Waals surface area contributed by atoms with Crippen molar-refractivity contribution in [2.24, 2.45) is 0 Å². The van der Waals surface area contributed by atoms with Crippen molar-refractivity contribution in [2.75, 3.05) is 7.11 Å². The fraction of sp³-hybridized carbons (Fsp3) is 0.200. The molecule has 0 spiro atoms. The van der Waals surface area contributed by atoms with E-state index in [2.05, 4.69) is 4.74 Å². The molecule has 0 fully saturated rings. The summed E-state index contributed by atoms with van der Waals surface area (Å²) in [5.74, 6) is -11.1. The van der Waals surface area contributed by atoms with Crippen LogP contribution in [0.15, 0.2) is 0 Å². The maximum atomic E-state index is 13.3. The molecule has 1 aromatic rings. The molecular weight excluding hydrogens is 260 g/mol. The predicted octanol–water partition coefficient (Wildman–Crippen LogP) is 1.66. The first kappa shape index (κ1) is 13.9. The minimum atomic E-state index is -1.99. The molecule has 0 atom stereocenters. The normalized spacial score (nSPS) is 10.3. The number of methoxy groups -OCH3 is 1. The van der Waals surface area contributed by atoms with E-state index in [1.54, 1.807) is 0 Å². The van der Waals surface area contributed by atoms with E-state index in [1.165, 1.54) is 0 Å². The Morgan fingerprint density at radius 3 is 1.83 bits per heavy atom. The number of benzene rings is 1. The van der Waals surface area contributed by atoms with Crippen LogP contribution in [0.5, 0.6) is 0 Å². The highest BCUT2D eigenvalue weighted by Gasteiger charge is 2.30. The molecule has 1 N–H and O–H groups in total. The Labute approximate surface area is 97.8 Å². The molecule has 98 valence electrons. The minimum absolute atomic E-state index is 0.766. The Balaban J connectivity index is 3.55. The Kier molecular flexibility index (Phi) is 3.89. The maximum absolute atomic E-state index is 13.3. The zero-order valence-electron chi connectivity index (χ0n) is 8.89. The van der Waals surface area contributed by atoms with Crippen molar-refractivity contribution in [1.29, 1.82) is 0 Å². The minimum Gasteiger partial charge on any atom is -0.481 e. The number of ether oxygens (including phenoxy) is 1. The third kappa shape index (κ3) is 2.27. The molecule has 1 rings (SSSR count). The smallest absolute Gasteiger partial charge is 0.344 e. The van der Waals surface area contributed by atoms with Crippen LogP contribution in [0.4, 0.5) is 17.6 Å². The lowest BCUT2D eigenvalue weighted by molar-refractivity contribution is -0.136. The first-order chi connectivity index (χ1) is 8.31. The van der Waals surface area contributed by atoms with E-state index in [9.17, 15) is 27.2 Å². The summed E-state index contributed by atoms with van der Waals surface area (Å²) < 4.78 is 57.2. The van der Waals surface area contributed by atoms with Crippen molar-refractivity contribution in [3.05, 3.63) is 34.4 Å². The molecule has 1 aromatic carbocycles. The van der Waals surface area contributed by atoms with Gasteiger partial charge in [-0.25, -0.2) is 22.4 Å². The summed E-state index contributed by atoms with van der Waals surface area (Å²) in [6.45, 7) is 0. The zero-order valence-corrected chi connectivity index (χ0v) is 8.89. The number of aliphatic carboxylic acids is 1. The lowest BCUT2D eigenvalue weighted by Crippen LogP contribution is -2.16. The standard InChI is InChI=1S/C10H6F4O4/c1-18-10(17)5-8(13)6(11)3(2-4(15)16)7(12)9(5)14/h2H2,1H3,(H,15,16). The first-order valence-corrected chi connectivity index (χ1v) is 4.46. The van der Waals surface area contributed by atoms with Gasteiger partial charge >= 0.3 is 11.9 Å². The molecule has 4 nitrogen and oxygen atoms in total. The highest BCUT2D eigenvalue weighted by Crippen LogP contribution is 2.25. The van der Waals surface area contributed by atoms with Crippen molar-refractivity contribution in [2.45, 2.75) is 6.42 Å². The molecule has 0 amide bonds. The lowest BCUT2D eigenvalue weighted by atomic mass is 10.1.